The monoisotopic (exact) mass is 292 g/mol. The molecule has 0 saturated heterocycles. The second-order valence-corrected chi connectivity index (χ2v) is 5.32. The number of hydrogen-bond donors (Lipinski definition) is 1. The number of ether oxygens (including phenoxy) is 1. The molecular weight excluding hydrogens is 264 g/mol. The molecule has 0 aliphatic heterocycles. The Bertz CT molecular complexity index is 411. The van der Waals surface area contributed by atoms with Crippen LogP contribution in [0.15, 0.2) is 24.3 Å². The normalized spacial score (nSPS) is 11.1. The molecule has 0 spiro atoms. The van der Waals surface area contributed by atoms with Crippen LogP contribution >= 0.6 is 0 Å². The van der Waals surface area contributed by atoms with Gasteiger partial charge in [-0.1, -0.05) is 13.8 Å². The summed E-state index contributed by atoms with van der Waals surface area (Å²) in [5.41, 5.74) is 0.724. The summed E-state index contributed by atoms with van der Waals surface area (Å²) >= 11 is 0. The molecule has 0 heterocycles. The number of Topliss-reactive ketones (excluding diaryl/α,β-unsaturated/α-hetero) is 1. The van der Waals surface area contributed by atoms with Crippen LogP contribution in [0.25, 0.3) is 0 Å². The fraction of sp³-hybridized carbons (Fsp3) is 0.588. The molecule has 0 atom stereocenters. The van der Waals surface area contributed by atoms with Gasteiger partial charge in [-0.3, -0.25) is 4.79 Å². The van der Waals surface area contributed by atoms with E-state index in [-0.39, 0.29) is 11.9 Å². The molecule has 1 aromatic rings. The number of rotatable bonds is 10. The van der Waals surface area contributed by atoms with Crippen molar-refractivity contribution in [1.82, 2.24) is 10.2 Å². The van der Waals surface area contributed by atoms with Gasteiger partial charge in [-0.2, -0.15) is 0 Å². The number of ketones is 1. The van der Waals surface area contributed by atoms with Crippen LogP contribution in [-0.4, -0.2) is 49.5 Å². The summed E-state index contributed by atoms with van der Waals surface area (Å²) in [7, 11) is 0. The van der Waals surface area contributed by atoms with Crippen molar-refractivity contribution in [3.63, 3.8) is 0 Å². The largest absolute Gasteiger partial charge is 0.491 e. The van der Waals surface area contributed by atoms with Gasteiger partial charge in [0, 0.05) is 18.7 Å². The minimum absolute atomic E-state index is 0.116. The Labute approximate surface area is 128 Å². The molecule has 0 bridgehead atoms. The maximum atomic E-state index is 12.0. The fourth-order valence-electron chi connectivity index (χ4n) is 2.07. The summed E-state index contributed by atoms with van der Waals surface area (Å²) < 4.78 is 5.57. The molecule has 4 nitrogen and oxygen atoms in total. The average molecular weight is 292 g/mol. The summed E-state index contributed by atoms with van der Waals surface area (Å²) in [5.74, 6) is 0.918. The van der Waals surface area contributed by atoms with E-state index in [1.165, 1.54) is 0 Å². The van der Waals surface area contributed by atoms with Crippen molar-refractivity contribution in [2.24, 2.45) is 0 Å². The van der Waals surface area contributed by atoms with Gasteiger partial charge in [0.25, 0.3) is 0 Å². The van der Waals surface area contributed by atoms with Crippen molar-refractivity contribution in [2.75, 3.05) is 32.7 Å². The third-order valence-electron chi connectivity index (χ3n) is 3.33. The first-order chi connectivity index (χ1) is 10.1. The Morgan fingerprint density at radius 2 is 1.81 bits per heavy atom. The van der Waals surface area contributed by atoms with Crippen LogP contribution in [0, 0.1) is 0 Å². The Balaban J connectivity index is 2.35. The standard InChI is InChI=1S/C17H28N2O2/c1-5-19(6-2)12-11-18-13-17(20)15-7-9-16(10-8-15)21-14(3)4/h7-10,14,18H,5-6,11-13H2,1-4H3. The van der Waals surface area contributed by atoms with Crippen molar-refractivity contribution in [3.05, 3.63) is 29.8 Å². The molecule has 0 aliphatic rings. The van der Waals surface area contributed by atoms with E-state index in [2.05, 4.69) is 24.1 Å². The zero-order valence-electron chi connectivity index (χ0n) is 13.7. The SMILES string of the molecule is CCN(CC)CCNCC(=O)c1ccc(OC(C)C)cc1. The lowest BCUT2D eigenvalue weighted by Crippen LogP contribution is -2.34. The highest BCUT2D eigenvalue weighted by Crippen LogP contribution is 2.13. The topological polar surface area (TPSA) is 41.6 Å². The van der Waals surface area contributed by atoms with E-state index in [1.807, 2.05) is 38.1 Å². The second kappa shape index (κ2) is 9.53. The highest BCUT2D eigenvalue weighted by molar-refractivity contribution is 5.97. The molecule has 1 N–H and O–H groups in total. The van der Waals surface area contributed by atoms with Gasteiger partial charge in [0.15, 0.2) is 5.78 Å². The lowest BCUT2D eigenvalue weighted by atomic mass is 10.1. The van der Waals surface area contributed by atoms with Gasteiger partial charge < -0.3 is 15.0 Å². The van der Waals surface area contributed by atoms with Crippen LogP contribution < -0.4 is 10.1 Å². The molecule has 0 aromatic heterocycles. The number of hydrogen-bond acceptors (Lipinski definition) is 4. The number of benzene rings is 1. The predicted octanol–water partition coefficient (Wildman–Crippen LogP) is 2.59. The van der Waals surface area contributed by atoms with E-state index in [0.717, 1.165) is 37.5 Å². The van der Waals surface area contributed by atoms with Gasteiger partial charge in [0.2, 0.25) is 0 Å². The van der Waals surface area contributed by atoms with Crippen LogP contribution in [0.1, 0.15) is 38.1 Å². The number of carbonyl (C=O) groups is 1. The number of nitrogens with one attached hydrogen (secondary N) is 1. The Morgan fingerprint density at radius 1 is 1.19 bits per heavy atom. The number of likely N-dealkylation sites (N-methyl/N-ethyl adjacent to an activating group) is 1. The third kappa shape index (κ3) is 6.74. The first-order valence-electron chi connectivity index (χ1n) is 7.79. The van der Waals surface area contributed by atoms with Gasteiger partial charge in [-0.15, -0.1) is 0 Å². The fourth-order valence-corrected chi connectivity index (χ4v) is 2.07. The molecule has 0 radical (unpaired) electrons. The van der Waals surface area contributed by atoms with Crippen LogP contribution in [0.5, 0.6) is 5.75 Å². The zero-order valence-corrected chi connectivity index (χ0v) is 13.7. The Hall–Kier alpha value is -1.39. The van der Waals surface area contributed by atoms with Gasteiger partial charge in [0.05, 0.1) is 12.6 Å². The Morgan fingerprint density at radius 3 is 2.33 bits per heavy atom. The first kappa shape index (κ1) is 17.7. The van der Waals surface area contributed by atoms with Gasteiger partial charge in [0.1, 0.15) is 5.75 Å². The first-order valence-corrected chi connectivity index (χ1v) is 7.79. The molecule has 0 unspecified atom stereocenters. The van der Waals surface area contributed by atoms with Crippen molar-refractivity contribution >= 4 is 5.78 Å². The predicted molar refractivity (Wildman–Crippen MR) is 87.2 cm³/mol. The third-order valence-corrected chi connectivity index (χ3v) is 3.33. The van der Waals surface area contributed by atoms with E-state index in [1.54, 1.807) is 0 Å². The Kier molecular flexibility index (Phi) is 8.01. The molecule has 0 saturated carbocycles. The van der Waals surface area contributed by atoms with Gasteiger partial charge >= 0.3 is 0 Å². The second-order valence-electron chi connectivity index (χ2n) is 5.32. The molecule has 4 heteroatoms. The van der Waals surface area contributed by atoms with E-state index in [0.29, 0.717) is 6.54 Å². The summed E-state index contributed by atoms with van der Waals surface area (Å²) in [5, 5.41) is 3.21. The summed E-state index contributed by atoms with van der Waals surface area (Å²) in [6, 6.07) is 7.35. The molecule has 1 rings (SSSR count). The van der Waals surface area contributed by atoms with Crippen LogP contribution in [-0.2, 0) is 0 Å². The smallest absolute Gasteiger partial charge is 0.176 e. The lowest BCUT2D eigenvalue weighted by Gasteiger charge is -2.17. The number of carbonyl (C=O) groups excluding carboxylic acids is 1. The average Bonchev–Trinajstić information content (AvgIpc) is 2.47. The summed E-state index contributed by atoms with van der Waals surface area (Å²) in [4.78, 5) is 14.4. The van der Waals surface area contributed by atoms with E-state index >= 15 is 0 Å². The van der Waals surface area contributed by atoms with Crippen LogP contribution in [0.4, 0.5) is 0 Å². The molecule has 21 heavy (non-hydrogen) atoms. The van der Waals surface area contributed by atoms with Crippen LogP contribution in [0.3, 0.4) is 0 Å². The number of nitrogens with zero attached hydrogens (tertiary/aromatic N) is 1. The van der Waals surface area contributed by atoms with E-state index in [4.69, 9.17) is 4.74 Å². The molecule has 0 amide bonds. The molecule has 0 fully saturated rings. The summed E-state index contributed by atoms with van der Waals surface area (Å²) in [6.45, 7) is 12.5. The van der Waals surface area contributed by atoms with Crippen LogP contribution in [0.2, 0.25) is 0 Å². The molecule has 0 aliphatic carbocycles. The van der Waals surface area contributed by atoms with Crippen molar-refractivity contribution in [1.29, 1.82) is 0 Å². The van der Waals surface area contributed by atoms with Crippen molar-refractivity contribution < 1.29 is 9.53 Å². The van der Waals surface area contributed by atoms with E-state index in [9.17, 15) is 4.79 Å². The minimum atomic E-state index is 0.116. The minimum Gasteiger partial charge on any atom is -0.491 e. The highest BCUT2D eigenvalue weighted by atomic mass is 16.5. The molecule has 118 valence electrons. The summed E-state index contributed by atoms with van der Waals surface area (Å²) in [6.07, 6.45) is 0.147. The maximum absolute atomic E-state index is 12.0. The maximum Gasteiger partial charge on any atom is 0.176 e. The van der Waals surface area contributed by atoms with E-state index < -0.39 is 0 Å². The zero-order chi connectivity index (χ0) is 15.7. The quantitative estimate of drug-likeness (QED) is 0.531. The van der Waals surface area contributed by atoms with Gasteiger partial charge in [-0.05, 0) is 51.2 Å². The molecule has 1 aromatic carbocycles. The van der Waals surface area contributed by atoms with Crippen molar-refractivity contribution in [2.45, 2.75) is 33.8 Å². The lowest BCUT2D eigenvalue weighted by molar-refractivity contribution is 0.0990. The van der Waals surface area contributed by atoms with Gasteiger partial charge in [-0.25, -0.2) is 0 Å². The van der Waals surface area contributed by atoms with Crippen molar-refractivity contribution in [3.8, 4) is 5.75 Å². The highest BCUT2D eigenvalue weighted by Gasteiger charge is 2.06. The molecular formula is C17H28N2O2.